The summed E-state index contributed by atoms with van der Waals surface area (Å²) < 4.78 is 6.00. The molecule has 0 aromatic carbocycles. The van der Waals surface area contributed by atoms with Gasteiger partial charge in [-0.1, -0.05) is 73.3 Å². The molecule has 261 valence electrons. The minimum atomic E-state index is 0. The normalized spacial score (nSPS) is 21.4. The molecule has 0 bridgehead atoms. The summed E-state index contributed by atoms with van der Waals surface area (Å²) in [5.74, 6) is 0. The number of hydrogen-bond donors (Lipinski definition) is 0. The van der Waals surface area contributed by atoms with Crippen LogP contribution in [0.2, 0.25) is 0 Å². The largest absolute Gasteiger partial charge is 2.00 e. The zero-order valence-corrected chi connectivity index (χ0v) is 33.3. The van der Waals surface area contributed by atoms with Crippen LogP contribution in [0, 0.1) is 0 Å². The van der Waals surface area contributed by atoms with Gasteiger partial charge in [0.05, 0.1) is 52.4 Å². The van der Waals surface area contributed by atoms with Crippen molar-refractivity contribution in [1.82, 2.24) is 0 Å². The second kappa shape index (κ2) is 31.2. The molecule has 6 fully saturated rings. The predicted molar refractivity (Wildman–Crippen MR) is 212 cm³/mol. The summed E-state index contributed by atoms with van der Waals surface area (Å²) >= 11 is 22.2. The minimum absolute atomic E-state index is 0. The zero-order chi connectivity index (χ0) is 35.2. The van der Waals surface area contributed by atoms with Crippen LogP contribution in [0.4, 0.5) is 0 Å². The Morgan fingerprint density at radius 1 is 0.255 bits per heavy atom. The number of quaternary nitrogens is 4. The predicted octanol–water partition coefficient (Wildman–Crippen LogP) is 6.39. The number of thiocarbonyl (C=S) groups is 6. The minimum Gasteiger partial charge on any atom is -0.753 e. The van der Waals surface area contributed by atoms with Crippen molar-refractivity contribution in [3.05, 3.63) is 32.5 Å². The molecule has 6 aliphatic rings. The Hall–Kier alpha value is -0.841. The van der Waals surface area contributed by atoms with E-state index in [9.17, 15) is 0 Å². The second-order valence-corrected chi connectivity index (χ2v) is 13.4. The summed E-state index contributed by atoms with van der Waals surface area (Å²) in [5, 5.41) is 50.8. The molecule has 0 amide bonds. The van der Waals surface area contributed by atoms with E-state index in [4.69, 9.17) is 32.5 Å². The third-order valence-electron chi connectivity index (χ3n) is 10.3. The van der Waals surface area contributed by atoms with Crippen molar-refractivity contribution in [2.75, 3.05) is 105 Å². The van der Waals surface area contributed by atoms with Crippen molar-refractivity contribution in [2.45, 2.75) is 51.4 Å². The van der Waals surface area contributed by atoms with E-state index < -0.39 is 0 Å². The summed E-state index contributed by atoms with van der Waals surface area (Å²) in [6, 6.07) is 0. The van der Waals surface area contributed by atoms with Gasteiger partial charge in [-0.3, -0.25) is 0 Å². The van der Waals surface area contributed by atoms with Crippen LogP contribution in [-0.2, 0) is 17.1 Å². The quantitative estimate of drug-likeness (QED) is 0.121. The van der Waals surface area contributed by atoms with Crippen molar-refractivity contribution in [1.29, 1.82) is 0 Å². The van der Waals surface area contributed by atoms with Crippen molar-refractivity contribution < 1.29 is 35.0 Å². The Morgan fingerprint density at radius 3 is 0.426 bits per heavy atom. The molecule has 6 rings (SSSR count). The first-order valence-corrected chi connectivity index (χ1v) is 18.1. The fourth-order valence-corrected chi connectivity index (χ4v) is 7.96. The van der Waals surface area contributed by atoms with Crippen molar-refractivity contribution >= 4 is 104 Å². The zero-order valence-electron chi connectivity index (χ0n) is 27.3. The first-order chi connectivity index (χ1) is 22.1. The Bertz CT molecular complexity index is 834. The van der Waals surface area contributed by atoms with Crippen molar-refractivity contribution in [3.8, 4) is 0 Å². The summed E-state index contributed by atoms with van der Waals surface area (Å²) in [4.78, 5) is 0. The Kier molecular flexibility index (Phi) is 33.5. The van der Waals surface area contributed by atoms with E-state index in [-0.39, 0.29) is 17.1 Å². The van der Waals surface area contributed by atoms with E-state index in [0.29, 0.717) is 0 Å². The molecule has 4 spiro atoms. The smallest absolute Gasteiger partial charge is 0.753 e. The SMILES string of the molecule is C1CC[N+]2(C1)CC[N+]1(CCCC1)CC2.C1CC[N+]2(C1)CC[N+]1(CCCC1)CC2.[Mn+2].[N-]=C=S.[N-]=C=S.[N-]=C=S.[N-]=C=S.[N-]=C=S.[N-]=C=S. The summed E-state index contributed by atoms with van der Waals surface area (Å²) in [6.07, 6.45) is 12.0. The van der Waals surface area contributed by atoms with Crippen LogP contribution in [0.15, 0.2) is 0 Å². The second-order valence-electron chi connectivity index (χ2n) is 12.3. The Morgan fingerprint density at radius 2 is 0.340 bits per heavy atom. The summed E-state index contributed by atoms with van der Waals surface area (Å²) in [5.41, 5.74) is 0. The van der Waals surface area contributed by atoms with E-state index in [1.807, 2.05) is 0 Å². The molecule has 47 heavy (non-hydrogen) atoms. The maximum absolute atomic E-state index is 7.13. The van der Waals surface area contributed by atoms with Crippen LogP contribution in [-0.4, -0.2) is 154 Å². The first-order valence-electron chi connectivity index (χ1n) is 15.6. The molecule has 0 atom stereocenters. The Labute approximate surface area is 325 Å². The van der Waals surface area contributed by atoms with E-state index >= 15 is 0 Å². The molecule has 6 saturated heterocycles. The van der Waals surface area contributed by atoms with Crippen molar-refractivity contribution in [3.63, 3.8) is 0 Å². The van der Waals surface area contributed by atoms with E-state index in [2.05, 4.69) is 73.3 Å². The number of isothiocyanates is 6. The Balaban J connectivity index is -0.000000547. The molecule has 6 aliphatic heterocycles. The van der Waals surface area contributed by atoms with Gasteiger partial charge >= 0.3 is 17.1 Å². The van der Waals surface area contributed by atoms with Gasteiger partial charge in [-0.2, -0.15) is 31.0 Å². The van der Waals surface area contributed by atoms with Crippen LogP contribution in [0.25, 0.3) is 32.5 Å². The van der Waals surface area contributed by atoms with E-state index in [0.717, 1.165) is 0 Å². The number of rotatable bonds is 0. The van der Waals surface area contributed by atoms with Gasteiger partial charge in [0.15, 0.2) is 0 Å². The average molecular weight is 796 g/mol. The summed E-state index contributed by atoms with van der Waals surface area (Å²) in [6.45, 7) is 24.0. The maximum atomic E-state index is 7.13. The molecular weight excluding hydrogens is 748 g/mol. The number of piperazine rings is 2. The molecule has 6 heterocycles. The first kappa shape index (κ1) is 50.5. The van der Waals surface area contributed by atoms with E-state index in [1.54, 1.807) is 0 Å². The van der Waals surface area contributed by atoms with E-state index in [1.165, 1.54) is 205 Å². The maximum Gasteiger partial charge on any atom is 2.00 e. The molecular formula is C30H48MnN10S6. The topological polar surface area (TPSA) is 134 Å². The molecule has 10 nitrogen and oxygen atoms in total. The molecule has 0 N–H and O–H groups in total. The van der Waals surface area contributed by atoms with Gasteiger partial charge in [0.25, 0.3) is 0 Å². The molecule has 0 aromatic heterocycles. The molecule has 0 aliphatic carbocycles. The van der Waals surface area contributed by atoms with Crippen LogP contribution < -0.4 is 0 Å². The average Bonchev–Trinajstić information content (AvgIpc) is 3.86. The van der Waals surface area contributed by atoms with Gasteiger partial charge in [0.1, 0.15) is 52.4 Å². The van der Waals surface area contributed by atoms with Gasteiger partial charge in [0.2, 0.25) is 0 Å². The third kappa shape index (κ3) is 21.1. The third-order valence-corrected chi connectivity index (χ3v) is 10.3. The fourth-order valence-electron chi connectivity index (χ4n) is 7.96. The van der Waals surface area contributed by atoms with Gasteiger partial charge in [-0.25, -0.2) is 0 Å². The molecule has 1 radical (unpaired) electrons. The van der Waals surface area contributed by atoms with Gasteiger partial charge in [-0.05, 0) is 0 Å². The number of nitrogens with zero attached hydrogens (tertiary/aromatic N) is 10. The van der Waals surface area contributed by atoms with Gasteiger partial charge in [-0.15, -0.1) is 0 Å². The standard InChI is InChI=1S/2C12H24N2.6CNS.Mn/c2*1-2-6-13(5-1)9-11-14(12-10-13)7-3-4-8-14;6*2-1-3;/h2*1-12H2;;;;;;;/q2*+2;6*-1;+2. The van der Waals surface area contributed by atoms with Crippen LogP contribution in [0.1, 0.15) is 51.4 Å². The van der Waals surface area contributed by atoms with Crippen LogP contribution >= 0.6 is 73.3 Å². The van der Waals surface area contributed by atoms with Crippen LogP contribution in [0.3, 0.4) is 0 Å². The van der Waals surface area contributed by atoms with Crippen LogP contribution in [0.5, 0.6) is 0 Å². The monoisotopic (exact) mass is 795 g/mol. The summed E-state index contributed by atoms with van der Waals surface area (Å²) in [7, 11) is 0. The van der Waals surface area contributed by atoms with Gasteiger partial charge in [0, 0.05) is 51.4 Å². The molecule has 0 saturated carbocycles. The molecule has 0 unspecified atom stereocenters. The number of hydrogen-bond acceptors (Lipinski definition) is 6. The molecule has 0 aromatic rings. The molecule has 17 heteroatoms. The van der Waals surface area contributed by atoms with Crippen molar-refractivity contribution in [2.24, 2.45) is 0 Å². The fraction of sp³-hybridized carbons (Fsp3) is 0.800. The van der Waals surface area contributed by atoms with Gasteiger partial charge < -0.3 is 50.4 Å².